The normalized spacial score (nSPS) is 31.9. The lowest BCUT2D eigenvalue weighted by Gasteiger charge is -2.37. The number of carbonyl (C=O) groups excluding carboxylic acids is 1. The summed E-state index contributed by atoms with van der Waals surface area (Å²) in [6.07, 6.45) is 2.24. The standard InChI is InChI=1S/C12H21BrN2O2/c1-2-14-6-7-17-10(8-14)9-15-5-3-4-11(13)12(15)16/h10-11H,2-9H2,1H3. The van der Waals surface area contributed by atoms with Crippen LogP contribution < -0.4 is 0 Å². The van der Waals surface area contributed by atoms with Gasteiger partial charge in [0.25, 0.3) is 0 Å². The Morgan fingerprint density at radius 3 is 3.06 bits per heavy atom. The summed E-state index contributed by atoms with van der Waals surface area (Å²) >= 11 is 3.44. The molecule has 17 heavy (non-hydrogen) atoms. The SMILES string of the molecule is CCN1CCOC(CN2CCCC(Br)C2=O)C1. The molecule has 4 nitrogen and oxygen atoms in total. The van der Waals surface area contributed by atoms with Gasteiger partial charge in [-0.3, -0.25) is 9.69 Å². The Balaban J connectivity index is 1.85. The number of ether oxygens (including phenoxy) is 1. The molecule has 2 aliphatic heterocycles. The van der Waals surface area contributed by atoms with Crippen molar-refractivity contribution in [2.24, 2.45) is 0 Å². The molecule has 5 heteroatoms. The summed E-state index contributed by atoms with van der Waals surface area (Å²) in [6, 6.07) is 0. The number of piperidine rings is 1. The van der Waals surface area contributed by atoms with Crippen LogP contribution >= 0.6 is 15.9 Å². The number of likely N-dealkylation sites (tertiary alicyclic amines) is 1. The lowest BCUT2D eigenvalue weighted by Crippen LogP contribution is -2.51. The molecule has 0 aromatic carbocycles. The van der Waals surface area contributed by atoms with Gasteiger partial charge in [0.1, 0.15) is 0 Å². The number of morpholine rings is 1. The van der Waals surface area contributed by atoms with Gasteiger partial charge in [-0.1, -0.05) is 22.9 Å². The van der Waals surface area contributed by atoms with Crippen LogP contribution in [-0.2, 0) is 9.53 Å². The molecular weight excluding hydrogens is 284 g/mol. The van der Waals surface area contributed by atoms with E-state index in [9.17, 15) is 4.79 Å². The van der Waals surface area contributed by atoms with E-state index in [0.717, 1.165) is 52.2 Å². The third-order valence-corrected chi connectivity index (χ3v) is 4.41. The summed E-state index contributed by atoms with van der Waals surface area (Å²) in [7, 11) is 0. The van der Waals surface area contributed by atoms with Crippen LogP contribution in [0.4, 0.5) is 0 Å². The molecule has 2 fully saturated rings. The molecule has 0 spiro atoms. The minimum atomic E-state index is 0.0159. The topological polar surface area (TPSA) is 32.8 Å². The Labute approximate surface area is 111 Å². The van der Waals surface area contributed by atoms with Gasteiger partial charge in [-0.2, -0.15) is 0 Å². The predicted octanol–water partition coefficient (Wildman–Crippen LogP) is 1.09. The number of alkyl halides is 1. The van der Waals surface area contributed by atoms with Gasteiger partial charge in [0.05, 0.1) is 17.5 Å². The summed E-state index contributed by atoms with van der Waals surface area (Å²) in [5, 5.41) is 0. The largest absolute Gasteiger partial charge is 0.374 e. The summed E-state index contributed by atoms with van der Waals surface area (Å²) < 4.78 is 5.75. The maximum absolute atomic E-state index is 12.0. The summed E-state index contributed by atoms with van der Waals surface area (Å²) in [5.74, 6) is 0.230. The van der Waals surface area contributed by atoms with E-state index in [1.807, 2.05) is 4.90 Å². The Bertz CT molecular complexity index is 275. The first-order chi connectivity index (χ1) is 8.20. The second-order valence-electron chi connectivity index (χ2n) is 4.78. The van der Waals surface area contributed by atoms with Crippen molar-refractivity contribution < 1.29 is 9.53 Å². The molecule has 2 aliphatic rings. The van der Waals surface area contributed by atoms with Crippen molar-refractivity contribution in [2.75, 3.05) is 39.3 Å². The van der Waals surface area contributed by atoms with Gasteiger partial charge in [-0.05, 0) is 19.4 Å². The van der Waals surface area contributed by atoms with E-state index in [1.54, 1.807) is 0 Å². The van der Waals surface area contributed by atoms with Gasteiger partial charge >= 0.3 is 0 Å². The van der Waals surface area contributed by atoms with Gasteiger partial charge in [-0.15, -0.1) is 0 Å². The highest BCUT2D eigenvalue weighted by molar-refractivity contribution is 9.10. The van der Waals surface area contributed by atoms with Crippen LogP contribution in [0.25, 0.3) is 0 Å². The van der Waals surface area contributed by atoms with Crippen molar-refractivity contribution in [1.29, 1.82) is 0 Å². The van der Waals surface area contributed by atoms with E-state index in [4.69, 9.17) is 4.74 Å². The molecule has 2 heterocycles. The summed E-state index contributed by atoms with van der Waals surface area (Å²) in [4.78, 5) is 16.3. The number of carbonyl (C=O) groups is 1. The number of amides is 1. The Morgan fingerprint density at radius 1 is 1.47 bits per heavy atom. The zero-order valence-electron chi connectivity index (χ0n) is 10.4. The number of likely N-dealkylation sites (N-methyl/N-ethyl adjacent to an activating group) is 1. The summed E-state index contributed by atoms with van der Waals surface area (Å²) in [5.41, 5.74) is 0. The van der Waals surface area contributed by atoms with Crippen LogP contribution in [0.3, 0.4) is 0 Å². The fraction of sp³-hybridized carbons (Fsp3) is 0.917. The number of hydrogen-bond acceptors (Lipinski definition) is 3. The van der Waals surface area contributed by atoms with Gasteiger partial charge in [0.2, 0.25) is 5.91 Å². The van der Waals surface area contributed by atoms with E-state index in [2.05, 4.69) is 27.8 Å². The maximum Gasteiger partial charge on any atom is 0.236 e. The third kappa shape index (κ3) is 3.42. The molecule has 98 valence electrons. The number of nitrogens with zero attached hydrogens (tertiary/aromatic N) is 2. The van der Waals surface area contributed by atoms with Crippen LogP contribution in [0.5, 0.6) is 0 Å². The quantitative estimate of drug-likeness (QED) is 0.732. The molecule has 0 aliphatic carbocycles. The Morgan fingerprint density at radius 2 is 2.29 bits per heavy atom. The molecule has 2 saturated heterocycles. The van der Waals surface area contributed by atoms with Crippen molar-refractivity contribution in [1.82, 2.24) is 9.80 Å². The minimum Gasteiger partial charge on any atom is -0.374 e. The molecule has 2 rings (SSSR count). The lowest BCUT2D eigenvalue weighted by atomic mass is 10.1. The molecule has 0 aromatic heterocycles. The van der Waals surface area contributed by atoms with Crippen LogP contribution in [-0.4, -0.2) is 66.0 Å². The highest BCUT2D eigenvalue weighted by Gasteiger charge is 2.30. The predicted molar refractivity (Wildman–Crippen MR) is 70.4 cm³/mol. The highest BCUT2D eigenvalue weighted by atomic mass is 79.9. The molecule has 2 atom stereocenters. The minimum absolute atomic E-state index is 0.0159. The maximum atomic E-state index is 12.0. The van der Waals surface area contributed by atoms with E-state index in [1.165, 1.54) is 0 Å². The summed E-state index contributed by atoms with van der Waals surface area (Å²) in [6.45, 7) is 7.62. The first-order valence-electron chi connectivity index (χ1n) is 6.47. The second kappa shape index (κ2) is 6.16. The van der Waals surface area contributed by atoms with Crippen molar-refractivity contribution in [2.45, 2.75) is 30.7 Å². The first kappa shape index (κ1) is 13.3. The van der Waals surface area contributed by atoms with Gasteiger partial charge in [0.15, 0.2) is 0 Å². The van der Waals surface area contributed by atoms with Crippen LogP contribution in [0.15, 0.2) is 0 Å². The van der Waals surface area contributed by atoms with Crippen molar-refractivity contribution >= 4 is 21.8 Å². The Hall–Kier alpha value is -0.130. The van der Waals surface area contributed by atoms with Crippen molar-refractivity contribution in [3.63, 3.8) is 0 Å². The van der Waals surface area contributed by atoms with Gasteiger partial charge < -0.3 is 9.64 Å². The number of rotatable bonds is 3. The monoisotopic (exact) mass is 304 g/mol. The molecule has 0 radical (unpaired) electrons. The average molecular weight is 305 g/mol. The average Bonchev–Trinajstić information content (AvgIpc) is 2.35. The van der Waals surface area contributed by atoms with Crippen LogP contribution in [0.1, 0.15) is 19.8 Å². The fourth-order valence-corrected chi connectivity index (χ4v) is 3.11. The van der Waals surface area contributed by atoms with Gasteiger partial charge in [-0.25, -0.2) is 0 Å². The zero-order valence-corrected chi connectivity index (χ0v) is 12.0. The van der Waals surface area contributed by atoms with Crippen molar-refractivity contribution in [3.8, 4) is 0 Å². The molecule has 2 unspecified atom stereocenters. The van der Waals surface area contributed by atoms with Crippen LogP contribution in [0, 0.1) is 0 Å². The molecule has 0 aromatic rings. The van der Waals surface area contributed by atoms with E-state index in [0.29, 0.717) is 0 Å². The molecule has 1 amide bonds. The molecule has 0 bridgehead atoms. The highest BCUT2D eigenvalue weighted by Crippen LogP contribution is 2.19. The fourth-order valence-electron chi connectivity index (χ4n) is 2.50. The van der Waals surface area contributed by atoms with E-state index in [-0.39, 0.29) is 16.8 Å². The third-order valence-electron chi connectivity index (χ3n) is 3.56. The van der Waals surface area contributed by atoms with Crippen molar-refractivity contribution in [3.05, 3.63) is 0 Å². The first-order valence-corrected chi connectivity index (χ1v) is 7.39. The second-order valence-corrected chi connectivity index (χ2v) is 5.89. The van der Waals surface area contributed by atoms with E-state index < -0.39 is 0 Å². The smallest absolute Gasteiger partial charge is 0.236 e. The molecular formula is C12H21BrN2O2. The molecule has 0 N–H and O–H groups in total. The Kier molecular flexibility index (Phi) is 4.82. The molecule has 0 saturated carbocycles. The lowest BCUT2D eigenvalue weighted by molar-refractivity contribution is -0.136. The van der Waals surface area contributed by atoms with E-state index >= 15 is 0 Å². The number of hydrogen-bond donors (Lipinski definition) is 0. The number of halogens is 1. The zero-order chi connectivity index (χ0) is 12.3. The van der Waals surface area contributed by atoms with Crippen LogP contribution in [0.2, 0.25) is 0 Å². The van der Waals surface area contributed by atoms with Gasteiger partial charge in [0, 0.05) is 26.2 Å².